The van der Waals surface area contributed by atoms with Crippen molar-refractivity contribution in [3.63, 3.8) is 0 Å². The van der Waals surface area contributed by atoms with Crippen molar-refractivity contribution >= 4 is 0 Å². The minimum Gasteiger partial charge on any atom is -0.378 e. The molecule has 4 unspecified atom stereocenters. The van der Waals surface area contributed by atoms with E-state index in [-0.39, 0.29) is 5.60 Å². The Bertz CT molecular complexity index is 231. The van der Waals surface area contributed by atoms with Gasteiger partial charge in [-0.2, -0.15) is 0 Å². The van der Waals surface area contributed by atoms with E-state index in [1.165, 1.54) is 32.2 Å². The Morgan fingerprint density at radius 1 is 1.11 bits per heavy atom. The number of hydrogen-bond acceptors (Lipinski definition) is 2. The number of ether oxygens (including phenoxy) is 1. The summed E-state index contributed by atoms with van der Waals surface area (Å²) >= 11 is 0. The van der Waals surface area contributed by atoms with Crippen LogP contribution in [0.1, 0.15) is 67.2 Å². The number of hydrogen-bond donors (Lipinski definition) is 0. The van der Waals surface area contributed by atoms with Crippen LogP contribution in [0.4, 0.5) is 0 Å². The molecule has 0 amide bonds. The summed E-state index contributed by atoms with van der Waals surface area (Å²) in [7, 11) is 4.12. The van der Waals surface area contributed by atoms with Crippen molar-refractivity contribution in [1.82, 2.24) is 4.90 Å². The van der Waals surface area contributed by atoms with E-state index in [4.69, 9.17) is 4.74 Å². The average Bonchev–Trinajstić information content (AvgIpc) is 2.42. The molecule has 0 aliphatic rings. The largest absolute Gasteiger partial charge is 0.378 e. The van der Waals surface area contributed by atoms with E-state index >= 15 is 0 Å². The third-order valence-corrected chi connectivity index (χ3v) is 5.33. The summed E-state index contributed by atoms with van der Waals surface area (Å²) in [6.07, 6.45) is 5.01. The molecule has 0 aromatic rings. The van der Waals surface area contributed by atoms with Crippen molar-refractivity contribution in [3.8, 4) is 0 Å². The number of unbranched alkanes of at least 4 members (excludes halogenated alkanes) is 1. The quantitative estimate of drug-likeness (QED) is 0.576. The molecular weight excluding hydrogens is 234 g/mol. The van der Waals surface area contributed by atoms with Crippen LogP contribution in [-0.2, 0) is 4.74 Å². The summed E-state index contributed by atoms with van der Waals surface area (Å²) < 4.78 is 5.96. The first-order valence-electron chi connectivity index (χ1n) is 8.10. The fraction of sp³-hybridized carbons (Fsp3) is 1.00. The fourth-order valence-electron chi connectivity index (χ4n) is 3.03. The summed E-state index contributed by atoms with van der Waals surface area (Å²) in [5.41, 5.74) is -0.0318. The zero-order valence-electron chi connectivity index (χ0n) is 14.6. The minimum atomic E-state index is -0.0318. The predicted octanol–water partition coefficient (Wildman–Crippen LogP) is 4.58. The Balaban J connectivity index is 4.75. The Morgan fingerprint density at radius 2 is 1.68 bits per heavy atom. The van der Waals surface area contributed by atoms with Gasteiger partial charge in [-0.05, 0) is 46.2 Å². The van der Waals surface area contributed by atoms with Crippen molar-refractivity contribution in [2.45, 2.75) is 78.9 Å². The van der Waals surface area contributed by atoms with Gasteiger partial charge in [0.1, 0.15) is 0 Å². The molecule has 0 N–H and O–H groups in total. The highest BCUT2D eigenvalue weighted by atomic mass is 16.5. The monoisotopic (exact) mass is 271 g/mol. The van der Waals surface area contributed by atoms with Crippen molar-refractivity contribution in [3.05, 3.63) is 0 Å². The molecule has 0 aromatic carbocycles. The first-order valence-corrected chi connectivity index (χ1v) is 8.10. The molecule has 0 rings (SSSR count). The van der Waals surface area contributed by atoms with Gasteiger partial charge in [-0.3, -0.25) is 0 Å². The van der Waals surface area contributed by atoms with Gasteiger partial charge in [0.15, 0.2) is 0 Å². The second-order valence-corrected chi connectivity index (χ2v) is 6.44. The van der Waals surface area contributed by atoms with Crippen LogP contribution in [0, 0.1) is 11.8 Å². The molecule has 2 heteroatoms. The highest BCUT2D eigenvalue weighted by molar-refractivity contribution is 4.91. The van der Waals surface area contributed by atoms with Crippen LogP contribution >= 0.6 is 0 Å². The van der Waals surface area contributed by atoms with Gasteiger partial charge in [0, 0.05) is 19.1 Å². The van der Waals surface area contributed by atoms with Gasteiger partial charge >= 0.3 is 0 Å². The standard InChI is InChI=1S/C17H37NO/c1-9-11-13-18(7)16(5)15(4)17(6,19-8)14(3)12-10-2/h14-16H,9-13H2,1-8H3. The normalized spacial score (nSPS) is 20.1. The van der Waals surface area contributed by atoms with Gasteiger partial charge in [0.05, 0.1) is 5.60 Å². The topological polar surface area (TPSA) is 12.5 Å². The van der Waals surface area contributed by atoms with Crippen LogP contribution < -0.4 is 0 Å². The Kier molecular flexibility index (Phi) is 8.93. The molecule has 0 aromatic heterocycles. The van der Waals surface area contributed by atoms with Crippen molar-refractivity contribution in [1.29, 1.82) is 0 Å². The zero-order chi connectivity index (χ0) is 15.1. The lowest BCUT2D eigenvalue weighted by molar-refractivity contribution is -0.0995. The summed E-state index contributed by atoms with van der Waals surface area (Å²) in [5, 5.41) is 0. The Hall–Kier alpha value is -0.0800. The summed E-state index contributed by atoms with van der Waals surface area (Å²) in [6, 6.07) is 0.552. The smallest absolute Gasteiger partial charge is 0.0716 e. The Labute approximate surface area is 121 Å². The van der Waals surface area contributed by atoms with E-state index in [9.17, 15) is 0 Å². The lowest BCUT2D eigenvalue weighted by Gasteiger charge is -2.45. The number of nitrogens with zero attached hydrogens (tertiary/aromatic N) is 1. The van der Waals surface area contributed by atoms with E-state index in [0.29, 0.717) is 17.9 Å². The molecule has 0 saturated carbocycles. The van der Waals surface area contributed by atoms with E-state index in [1.807, 2.05) is 7.11 Å². The molecule has 0 saturated heterocycles. The SMILES string of the molecule is CCCCN(C)C(C)C(C)C(C)(OC)C(C)CCC. The van der Waals surface area contributed by atoms with Crippen molar-refractivity contribution in [2.75, 3.05) is 20.7 Å². The maximum Gasteiger partial charge on any atom is 0.0716 e. The molecule has 0 bridgehead atoms. The first kappa shape index (κ1) is 18.9. The van der Waals surface area contributed by atoms with Crippen molar-refractivity contribution in [2.24, 2.45) is 11.8 Å². The highest BCUT2D eigenvalue weighted by Gasteiger charge is 2.39. The van der Waals surface area contributed by atoms with Crippen LogP contribution in [0.3, 0.4) is 0 Å². The summed E-state index contributed by atoms with van der Waals surface area (Å²) in [4.78, 5) is 2.49. The molecule has 0 spiro atoms. The zero-order valence-corrected chi connectivity index (χ0v) is 14.6. The van der Waals surface area contributed by atoms with E-state index in [0.717, 1.165) is 0 Å². The molecule has 0 aliphatic heterocycles. The highest BCUT2D eigenvalue weighted by Crippen LogP contribution is 2.35. The van der Waals surface area contributed by atoms with Gasteiger partial charge < -0.3 is 9.64 Å². The number of methoxy groups -OCH3 is 1. The van der Waals surface area contributed by atoms with Gasteiger partial charge in [-0.15, -0.1) is 0 Å². The van der Waals surface area contributed by atoms with E-state index in [1.54, 1.807) is 0 Å². The Morgan fingerprint density at radius 3 is 2.11 bits per heavy atom. The van der Waals surface area contributed by atoms with Crippen LogP contribution in [0.25, 0.3) is 0 Å². The van der Waals surface area contributed by atoms with Crippen molar-refractivity contribution < 1.29 is 4.74 Å². The second-order valence-electron chi connectivity index (χ2n) is 6.44. The molecular formula is C17H37NO. The summed E-state index contributed by atoms with van der Waals surface area (Å²) in [6.45, 7) is 15.0. The van der Waals surface area contributed by atoms with Crippen LogP contribution in [0.15, 0.2) is 0 Å². The molecule has 4 atom stereocenters. The van der Waals surface area contributed by atoms with Gasteiger partial charge in [0.25, 0.3) is 0 Å². The van der Waals surface area contributed by atoms with Crippen LogP contribution in [0.2, 0.25) is 0 Å². The van der Waals surface area contributed by atoms with Crippen LogP contribution in [0.5, 0.6) is 0 Å². The molecule has 19 heavy (non-hydrogen) atoms. The van der Waals surface area contributed by atoms with Gasteiger partial charge in [-0.25, -0.2) is 0 Å². The predicted molar refractivity (Wildman–Crippen MR) is 85.7 cm³/mol. The number of rotatable bonds is 10. The van der Waals surface area contributed by atoms with E-state index in [2.05, 4.69) is 53.5 Å². The average molecular weight is 271 g/mol. The molecule has 2 nitrogen and oxygen atoms in total. The summed E-state index contributed by atoms with van der Waals surface area (Å²) in [5.74, 6) is 1.13. The maximum atomic E-state index is 5.96. The van der Waals surface area contributed by atoms with Gasteiger partial charge in [0.2, 0.25) is 0 Å². The molecule has 0 aliphatic carbocycles. The third kappa shape index (κ3) is 5.07. The van der Waals surface area contributed by atoms with E-state index < -0.39 is 0 Å². The van der Waals surface area contributed by atoms with Crippen LogP contribution in [-0.4, -0.2) is 37.2 Å². The minimum absolute atomic E-state index is 0.0318. The maximum absolute atomic E-state index is 5.96. The molecule has 0 radical (unpaired) electrons. The fourth-order valence-corrected chi connectivity index (χ4v) is 3.03. The third-order valence-electron chi connectivity index (χ3n) is 5.33. The molecule has 0 heterocycles. The lowest BCUT2D eigenvalue weighted by atomic mass is 9.74. The second kappa shape index (κ2) is 8.97. The molecule has 116 valence electrons. The molecule has 0 fully saturated rings. The lowest BCUT2D eigenvalue weighted by Crippen LogP contribution is -2.50. The first-order chi connectivity index (χ1) is 8.84. The van der Waals surface area contributed by atoms with Gasteiger partial charge in [-0.1, -0.05) is 40.5 Å².